The monoisotopic (exact) mass is 294 g/mol. The fourth-order valence-electron chi connectivity index (χ4n) is 4.29. The van der Waals surface area contributed by atoms with Crippen LogP contribution in [0.25, 0.3) is 0 Å². The highest BCUT2D eigenvalue weighted by Crippen LogP contribution is 2.51. The molecule has 0 bridgehead atoms. The van der Waals surface area contributed by atoms with Crippen molar-refractivity contribution in [3.63, 3.8) is 0 Å². The first-order chi connectivity index (χ1) is 10.1. The summed E-state index contributed by atoms with van der Waals surface area (Å²) in [6, 6.07) is 0. The predicted octanol–water partition coefficient (Wildman–Crippen LogP) is 1.45. The van der Waals surface area contributed by atoms with E-state index < -0.39 is 5.91 Å². The van der Waals surface area contributed by atoms with Gasteiger partial charge in [0.15, 0.2) is 0 Å². The summed E-state index contributed by atoms with van der Waals surface area (Å²) in [5.74, 6) is 0.254. The van der Waals surface area contributed by atoms with Crippen LogP contribution in [0.4, 0.5) is 0 Å². The highest BCUT2D eigenvalue weighted by atomic mass is 16.5. The lowest BCUT2D eigenvalue weighted by Crippen LogP contribution is -2.55. The summed E-state index contributed by atoms with van der Waals surface area (Å²) < 4.78 is 5.65. The van der Waals surface area contributed by atoms with Gasteiger partial charge < -0.3 is 15.4 Å². The van der Waals surface area contributed by atoms with Crippen molar-refractivity contribution >= 4 is 11.8 Å². The molecule has 3 rings (SSSR count). The Labute approximate surface area is 126 Å². The number of ether oxygens (including phenoxy) is 1. The molecular formula is C16H26N2O3. The zero-order valence-corrected chi connectivity index (χ0v) is 12.7. The van der Waals surface area contributed by atoms with Gasteiger partial charge >= 0.3 is 0 Å². The number of nitrogens with two attached hydrogens (primary N) is 1. The molecule has 1 atom stereocenters. The fraction of sp³-hybridized carbons (Fsp3) is 0.875. The number of amides is 2. The largest absolute Gasteiger partial charge is 0.368 e. The number of carbonyl (C=O) groups is 2. The van der Waals surface area contributed by atoms with Crippen LogP contribution in [0.15, 0.2) is 0 Å². The summed E-state index contributed by atoms with van der Waals surface area (Å²) in [6.45, 7) is 1.73. The van der Waals surface area contributed by atoms with E-state index in [0.717, 1.165) is 51.6 Å². The number of piperidine rings is 1. The van der Waals surface area contributed by atoms with Gasteiger partial charge in [-0.15, -0.1) is 0 Å². The van der Waals surface area contributed by atoms with Crippen molar-refractivity contribution in [3.05, 3.63) is 0 Å². The molecule has 1 aliphatic heterocycles. The number of hydrogen-bond acceptors (Lipinski definition) is 3. The Kier molecular flexibility index (Phi) is 4.20. The SMILES string of the molecule is NC(=O)COC1CCC12CCN(C(=O)C1CCCC1)CC2. The Bertz CT molecular complexity index is 410. The van der Waals surface area contributed by atoms with E-state index in [-0.39, 0.29) is 24.0 Å². The van der Waals surface area contributed by atoms with Crippen molar-refractivity contribution in [2.45, 2.75) is 57.5 Å². The van der Waals surface area contributed by atoms with Gasteiger partial charge in [-0.25, -0.2) is 0 Å². The molecule has 1 heterocycles. The summed E-state index contributed by atoms with van der Waals surface area (Å²) in [5, 5.41) is 0. The van der Waals surface area contributed by atoms with Crippen LogP contribution in [0, 0.1) is 11.3 Å². The third-order valence-corrected chi connectivity index (χ3v) is 5.79. The van der Waals surface area contributed by atoms with E-state index >= 15 is 0 Å². The Hall–Kier alpha value is -1.10. The first kappa shape index (κ1) is 14.8. The fourth-order valence-corrected chi connectivity index (χ4v) is 4.29. The van der Waals surface area contributed by atoms with E-state index in [0.29, 0.717) is 5.91 Å². The lowest BCUT2D eigenvalue weighted by Gasteiger charge is -2.53. The molecule has 0 aromatic rings. The highest BCUT2D eigenvalue weighted by Gasteiger charge is 2.49. The smallest absolute Gasteiger partial charge is 0.243 e. The van der Waals surface area contributed by atoms with E-state index in [1.54, 1.807) is 0 Å². The second kappa shape index (κ2) is 5.95. The van der Waals surface area contributed by atoms with Gasteiger partial charge in [0, 0.05) is 24.4 Å². The van der Waals surface area contributed by atoms with Crippen LogP contribution < -0.4 is 5.73 Å². The predicted molar refractivity (Wildman–Crippen MR) is 78.4 cm³/mol. The molecule has 118 valence electrons. The molecule has 5 heteroatoms. The number of carbonyl (C=O) groups excluding carboxylic acids is 2. The van der Waals surface area contributed by atoms with E-state index in [1.165, 1.54) is 12.8 Å². The molecule has 21 heavy (non-hydrogen) atoms. The van der Waals surface area contributed by atoms with E-state index in [2.05, 4.69) is 4.90 Å². The zero-order valence-electron chi connectivity index (χ0n) is 12.7. The molecule has 2 aliphatic carbocycles. The van der Waals surface area contributed by atoms with Crippen molar-refractivity contribution in [1.82, 2.24) is 4.90 Å². The molecule has 1 unspecified atom stereocenters. The van der Waals surface area contributed by atoms with Gasteiger partial charge in [-0.2, -0.15) is 0 Å². The van der Waals surface area contributed by atoms with Crippen LogP contribution in [0.3, 0.4) is 0 Å². The van der Waals surface area contributed by atoms with Crippen molar-refractivity contribution < 1.29 is 14.3 Å². The third-order valence-electron chi connectivity index (χ3n) is 5.79. The highest BCUT2D eigenvalue weighted by molar-refractivity contribution is 5.79. The molecule has 0 aromatic carbocycles. The van der Waals surface area contributed by atoms with E-state index in [9.17, 15) is 9.59 Å². The number of primary amides is 1. The summed E-state index contributed by atoms with van der Waals surface area (Å²) >= 11 is 0. The molecule has 2 N–H and O–H groups in total. The number of nitrogens with zero attached hydrogens (tertiary/aromatic N) is 1. The average Bonchev–Trinajstić information content (AvgIpc) is 2.99. The maximum atomic E-state index is 12.4. The van der Waals surface area contributed by atoms with Crippen molar-refractivity contribution in [3.8, 4) is 0 Å². The molecule has 1 spiro atoms. The molecule has 0 aromatic heterocycles. The maximum absolute atomic E-state index is 12.4. The molecule has 0 radical (unpaired) electrons. The molecule has 3 fully saturated rings. The van der Waals surface area contributed by atoms with Crippen molar-refractivity contribution in [1.29, 1.82) is 0 Å². The molecule has 3 aliphatic rings. The molecule has 2 amide bonds. The summed E-state index contributed by atoms with van der Waals surface area (Å²) in [5.41, 5.74) is 5.35. The molecular weight excluding hydrogens is 268 g/mol. The number of rotatable bonds is 4. The topological polar surface area (TPSA) is 72.6 Å². The molecule has 5 nitrogen and oxygen atoms in total. The third kappa shape index (κ3) is 2.93. The quantitative estimate of drug-likeness (QED) is 0.853. The van der Waals surface area contributed by atoms with Gasteiger partial charge in [-0.1, -0.05) is 12.8 Å². The second-order valence-corrected chi connectivity index (χ2v) is 6.97. The molecule has 1 saturated heterocycles. The van der Waals surface area contributed by atoms with Crippen LogP contribution >= 0.6 is 0 Å². The van der Waals surface area contributed by atoms with Gasteiger partial charge in [-0.3, -0.25) is 9.59 Å². The zero-order chi connectivity index (χ0) is 14.9. The Morgan fingerprint density at radius 3 is 2.29 bits per heavy atom. The average molecular weight is 294 g/mol. The summed E-state index contributed by atoms with van der Waals surface area (Å²) in [7, 11) is 0. The van der Waals surface area contributed by atoms with Crippen LogP contribution in [-0.4, -0.2) is 42.5 Å². The number of hydrogen-bond donors (Lipinski definition) is 1. The standard InChI is InChI=1S/C16H26N2O3/c17-14(19)11-21-13-5-6-16(13)7-9-18(10-8-16)15(20)12-3-1-2-4-12/h12-13H,1-11H2,(H2,17,19). The number of likely N-dealkylation sites (tertiary alicyclic amines) is 1. The minimum absolute atomic E-state index is 0.0249. The maximum Gasteiger partial charge on any atom is 0.243 e. The van der Waals surface area contributed by atoms with Crippen molar-refractivity contribution in [2.75, 3.05) is 19.7 Å². The van der Waals surface area contributed by atoms with E-state index in [1.807, 2.05) is 0 Å². The Balaban J connectivity index is 1.50. The summed E-state index contributed by atoms with van der Waals surface area (Å²) in [6.07, 6.45) is 8.91. The Morgan fingerprint density at radius 1 is 1.10 bits per heavy atom. The normalized spacial score (nSPS) is 28.6. The van der Waals surface area contributed by atoms with Gasteiger partial charge in [0.25, 0.3) is 0 Å². The van der Waals surface area contributed by atoms with Gasteiger partial charge in [0.05, 0.1) is 6.10 Å². The van der Waals surface area contributed by atoms with Crippen LogP contribution in [-0.2, 0) is 14.3 Å². The van der Waals surface area contributed by atoms with Crippen LogP contribution in [0.2, 0.25) is 0 Å². The first-order valence-electron chi connectivity index (χ1n) is 8.29. The van der Waals surface area contributed by atoms with Crippen LogP contribution in [0.5, 0.6) is 0 Å². The minimum Gasteiger partial charge on any atom is -0.368 e. The van der Waals surface area contributed by atoms with Gasteiger partial charge in [0.2, 0.25) is 11.8 Å². The minimum atomic E-state index is -0.397. The lowest BCUT2D eigenvalue weighted by atomic mass is 9.60. The van der Waals surface area contributed by atoms with Crippen LogP contribution in [0.1, 0.15) is 51.4 Å². The lowest BCUT2D eigenvalue weighted by molar-refractivity contribution is -0.157. The van der Waals surface area contributed by atoms with Crippen molar-refractivity contribution in [2.24, 2.45) is 17.1 Å². The molecule has 2 saturated carbocycles. The van der Waals surface area contributed by atoms with Gasteiger partial charge in [-0.05, 0) is 38.5 Å². The first-order valence-corrected chi connectivity index (χ1v) is 8.29. The van der Waals surface area contributed by atoms with E-state index in [4.69, 9.17) is 10.5 Å². The van der Waals surface area contributed by atoms with Gasteiger partial charge in [0.1, 0.15) is 6.61 Å². The summed E-state index contributed by atoms with van der Waals surface area (Å²) in [4.78, 5) is 25.4. The Morgan fingerprint density at radius 2 is 1.76 bits per heavy atom. The second-order valence-electron chi connectivity index (χ2n) is 6.97.